The predicted molar refractivity (Wildman–Crippen MR) is 207 cm³/mol. The number of nitrogens with zero attached hydrogens (tertiary/aromatic N) is 1. The van der Waals surface area contributed by atoms with Crippen LogP contribution in [0.3, 0.4) is 0 Å². The molecule has 48 heavy (non-hydrogen) atoms. The minimum absolute atomic E-state index is 0.242. The molecule has 2 aliphatic rings. The van der Waals surface area contributed by atoms with Crippen molar-refractivity contribution in [2.75, 3.05) is 59.3 Å². The summed E-state index contributed by atoms with van der Waals surface area (Å²) in [6.45, 7) is 30.1. The summed E-state index contributed by atoms with van der Waals surface area (Å²) < 4.78 is 22.7. The maximum Gasteiger partial charge on any atom is 0.119 e. The van der Waals surface area contributed by atoms with Crippen LogP contribution in [0, 0.1) is 5.92 Å². The van der Waals surface area contributed by atoms with Gasteiger partial charge in [-0.1, -0.05) is 113 Å². The van der Waals surface area contributed by atoms with Gasteiger partial charge in [-0.05, 0) is 90.7 Å². The van der Waals surface area contributed by atoms with Crippen molar-refractivity contribution in [2.45, 2.75) is 138 Å². The molecule has 2 fully saturated rings. The maximum atomic E-state index is 5.92. The quantitative estimate of drug-likeness (QED) is 0.187. The Morgan fingerprint density at radius 1 is 0.708 bits per heavy atom. The van der Waals surface area contributed by atoms with Crippen molar-refractivity contribution >= 4 is 0 Å². The highest BCUT2D eigenvalue weighted by Crippen LogP contribution is 2.30. The average molecular weight is 670 g/mol. The van der Waals surface area contributed by atoms with E-state index in [9.17, 15) is 0 Å². The highest BCUT2D eigenvalue weighted by atomic mass is 16.5. The van der Waals surface area contributed by atoms with Crippen LogP contribution >= 0.6 is 0 Å². The molecule has 1 atom stereocenters. The largest absolute Gasteiger partial charge is 0.494 e. The van der Waals surface area contributed by atoms with Gasteiger partial charge in [-0.2, -0.15) is 0 Å². The van der Waals surface area contributed by atoms with Gasteiger partial charge in [0.15, 0.2) is 0 Å². The molecule has 2 heterocycles. The second-order valence-corrected chi connectivity index (χ2v) is 14.4. The molecule has 2 aromatic carbocycles. The summed E-state index contributed by atoms with van der Waals surface area (Å²) in [4.78, 5) is 2.39. The highest BCUT2D eigenvalue weighted by Gasteiger charge is 2.19. The van der Waals surface area contributed by atoms with E-state index in [4.69, 9.17) is 18.9 Å². The summed E-state index contributed by atoms with van der Waals surface area (Å²) in [5, 5.41) is 0. The molecule has 0 amide bonds. The van der Waals surface area contributed by atoms with E-state index in [1.807, 2.05) is 13.8 Å². The van der Waals surface area contributed by atoms with Crippen molar-refractivity contribution in [1.82, 2.24) is 4.90 Å². The smallest absolute Gasteiger partial charge is 0.119 e. The Hall–Kier alpha value is -2.08. The van der Waals surface area contributed by atoms with Crippen molar-refractivity contribution in [3.8, 4) is 11.5 Å². The van der Waals surface area contributed by atoms with Gasteiger partial charge in [0.05, 0.1) is 19.8 Å². The van der Waals surface area contributed by atoms with Crippen LogP contribution in [-0.2, 0) is 20.3 Å². The van der Waals surface area contributed by atoms with Gasteiger partial charge in [-0.15, -0.1) is 0 Å². The minimum Gasteiger partial charge on any atom is -0.494 e. The van der Waals surface area contributed by atoms with E-state index in [1.165, 1.54) is 56.1 Å². The molecule has 0 N–H and O–H groups in total. The summed E-state index contributed by atoms with van der Waals surface area (Å²) in [5.41, 5.74) is 3.28. The number of hydrogen-bond acceptors (Lipinski definition) is 5. The summed E-state index contributed by atoms with van der Waals surface area (Å²) >= 11 is 0. The van der Waals surface area contributed by atoms with Crippen molar-refractivity contribution < 1.29 is 18.9 Å². The topological polar surface area (TPSA) is 40.2 Å². The zero-order chi connectivity index (χ0) is 35.7. The number of hydrogen-bond donors (Lipinski definition) is 0. The van der Waals surface area contributed by atoms with Crippen LogP contribution in [0.15, 0.2) is 48.5 Å². The van der Waals surface area contributed by atoms with Crippen LogP contribution in [0.4, 0.5) is 0 Å². The van der Waals surface area contributed by atoms with Crippen molar-refractivity contribution in [3.63, 3.8) is 0 Å². The molecule has 0 radical (unpaired) electrons. The lowest BCUT2D eigenvalue weighted by atomic mass is 9.81. The van der Waals surface area contributed by atoms with Gasteiger partial charge in [0.1, 0.15) is 18.1 Å². The van der Waals surface area contributed by atoms with E-state index in [2.05, 4.69) is 109 Å². The SMILES string of the molecule is CC.CCC.CCC(C)(C)c1ccc(OCCN2CCOCC2)cc1.CCCC(C)(C)c1ccc(OCCCC2CCCCOC2)cc1. The standard InChI is InChI=1S/C21H34O2.C17H27NO2.C3H8.C2H6/c1-4-14-21(2,3)19-10-12-20(13-11-19)23-16-7-9-18-8-5-6-15-22-17-18;1-4-17(2,3)15-5-7-16(8-6-15)20-14-11-18-9-12-19-13-10-18;1-3-2;1-2/h10-13,18H,4-9,14-17H2,1-3H3;5-8H,4,9-14H2,1-3H3;3H2,1-2H3;1-2H3. The monoisotopic (exact) mass is 670 g/mol. The lowest BCUT2D eigenvalue weighted by Crippen LogP contribution is -2.38. The Balaban J connectivity index is 0.000000426. The predicted octanol–water partition coefficient (Wildman–Crippen LogP) is 11.3. The van der Waals surface area contributed by atoms with Gasteiger partial charge < -0.3 is 18.9 Å². The van der Waals surface area contributed by atoms with E-state index in [-0.39, 0.29) is 10.8 Å². The molecule has 0 aromatic heterocycles. The average Bonchev–Trinajstić information content (AvgIpc) is 3.38. The third-order valence-electron chi connectivity index (χ3n) is 9.34. The molecule has 0 spiro atoms. The Morgan fingerprint density at radius 2 is 1.25 bits per heavy atom. The molecular weight excluding hydrogens is 594 g/mol. The molecular formula is C43H75NO4. The van der Waals surface area contributed by atoms with E-state index >= 15 is 0 Å². The molecule has 5 nitrogen and oxygen atoms in total. The summed E-state index contributed by atoms with van der Waals surface area (Å²) in [7, 11) is 0. The molecule has 0 aliphatic carbocycles. The summed E-state index contributed by atoms with van der Waals surface area (Å²) in [6, 6.07) is 17.3. The first kappa shape index (κ1) is 43.9. The fraction of sp³-hybridized carbons (Fsp3) is 0.721. The molecule has 0 saturated carbocycles. The van der Waals surface area contributed by atoms with Gasteiger partial charge in [0, 0.05) is 32.8 Å². The third kappa shape index (κ3) is 18.1. The van der Waals surface area contributed by atoms with Gasteiger partial charge in [0.2, 0.25) is 0 Å². The van der Waals surface area contributed by atoms with Crippen molar-refractivity contribution in [1.29, 1.82) is 0 Å². The number of morpholine rings is 1. The Labute approximate surface area is 297 Å². The van der Waals surface area contributed by atoms with Gasteiger partial charge in [-0.3, -0.25) is 4.90 Å². The lowest BCUT2D eigenvalue weighted by Gasteiger charge is -2.26. The molecule has 2 saturated heterocycles. The minimum atomic E-state index is 0.242. The van der Waals surface area contributed by atoms with Gasteiger partial charge >= 0.3 is 0 Å². The molecule has 4 rings (SSSR count). The lowest BCUT2D eigenvalue weighted by molar-refractivity contribution is 0.0322. The Morgan fingerprint density at radius 3 is 1.79 bits per heavy atom. The van der Waals surface area contributed by atoms with Crippen LogP contribution in [0.2, 0.25) is 0 Å². The third-order valence-corrected chi connectivity index (χ3v) is 9.34. The Kier molecular flexibility index (Phi) is 23.6. The molecule has 276 valence electrons. The van der Waals surface area contributed by atoms with E-state index < -0.39 is 0 Å². The first-order valence-corrected chi connectivity index (χ1v) is 19.5. The van der Waals surface area contributed by atoms with Crippen LogP contribution in [0.5, 0.6) is 11.5 Å². The van der Waals surface area contributed by atoms with E-state index in [0.717, 1.165) is 89.5 Å². The normalized spacial score (nSPS) is 16.9. The van der Waals surface area contributed by atoms with Crippen LogP contribution < -0.4 is 9.47 Å². The first-order valence-electron chi connectivity index (χ1n) is 19.5. The molecule has 1 unspecified atom stereocenters. The second-order valence-electron chi connectivity index (χ2n) is 14.4. The van der Waals surface area contributed by atoms with Gasteiger partial charge in [-0.25, -0.2) is 0 Å². The first-order chi connectivity index (χ1) is 23.1. The number of benzene rings is 2. The Bertz CT molecular complexity index is 1000. The second kappa shape index (κ2) is 25.8. The zero-order valence-corrected chi connectivity index (χ0v) is 33.0. The fourth-order valence-corrected chi connectivity index (χ4v) is 5.86. The van der Waals surface area contributed by atoms with Gasteiger partial charge in [0.25, 0.3) is 0 Å². The van der Waals surface area contributed by atoms with Crippen molar-refractivity contribution in [3.05, 3.63) is 59.7 Å². The van der Waals surface area contributed by atoms with E-state index in [0.29, 0.717) is 0 Å². The summed E-state index contributed by atoms with van der Waals surface area (Å²) in [6.07, 6.45) is 11.0. The molecule has 0 bridgehead atoms. The molecule has 5 heteroatoms. The maximum absolute atomic E-state index is 5.92. The molecule has 2 aliphatic heterocycles. The van der Waals surface area contributed by atoms with Crippen LogP contribution in [0.25, 0.3) is 0 Å². The zero-order valence-electron chi connectivity index (χ0n) is 33.0. The van der Waals surface area contributed by atoms with Crippen LogP contribution in [-0.4, -0.2) is 64.2 Å². The van der Waals surface area contributed by atoms with Crippen LogP contribution in [0.1, 0.15) is 138 Å². The van der Waals surface area contributed by atoms with Crippen molar-refractivity contribution in [2.24, 2.45) is 5.92 Å². The fourth-order valence-electron chi connectivity index (χ4n) is 5.86. The molecule has 2 aromatic rings. The summed E-state index contributed by atoms with van der Waals surface area (Å²) in [5.74, 6) is 2.70. The number of ether oxygens (including phenoxy) is 4. The number of rotatable bonds is 14. The van der Waals surface area contributed by atoms with E-state index in [1.54, 1.807) is 0 Å². The highest BCUT2D eigenvalue weighted by molar-refractivity contribution is 5.32.